The van der Waals surface area contributed by atoms with Gasteiger partial charge in [-0.05, 0) is 24.1 Å². The average molecular weight is 312 g/mol. The number of phenolic OH excluding ortho intramolecular Hbond substituents is 1. The number of aryl methyl sites for hydroxylation is 1. The SMILES string of the molecule is CCc1[nH]nc2c1C(c1ccc(O)c(OC)c1)C(C#N)=C(N)O2. The van der Waals surface area contributed by atoms with Gasteiger partial charge < -0.3 is 20.3 Å². The van der Waals surface area contributed by atoms with Crippen molar-refractivity contribution in [3.05, 3.63) is 46.5 Å². The van der Waals surface area contributed by atoms with Gasteiger partial charge in [-0.25, -0.2) is 0 Å². The molecule has 1 aliphatic rings. The van der Waals surface area contributed by atoms with Gasteiger partial charge in [-0.15, -0.1) is 5.10 Å². The van der Waals surface area contributed by atoms with E-state index in [0.717, 1.165) is 16.8 Å². The van der Waals surface area contributed by atoms with Gasteiger partial charge in [0, 0.05) is 11.3 Å². The van der Waals surface area contributed by atoms with E-state index in [9.17, 15) is 10.4 Å². The van der Waals surface area contributed by atoms with E-state index < -0.39 is 5.92 Å². The second-order valence-corrected chi connectivity index (χ2v) is 5.13. The summed E-state index contributed by atoms with van der Waals surface area (Å²) in [5.74, 6) is 0.336. The lowest BCUT2D eigenvalue weighted by Crippen LogP contribution is -2.21. The van der Waals surface area contributed by atoms with E-state index in [1.54, 1.807) is 12.1 Å². The van der Waals surface area contributed by atoms with Crippen LogP contribution in [0.25, 0.3) is 0 Å². The van der Waals surface area contributed by atoms with Gasteiger partial charge in [0.2, 0.25) is 11.8 Å². The summed E-state index contributed by atoms with van der Waals surface area (Å²) in [5, 5.41) is 26.4. The highest BCUT2D eigenvalue weighted by molar-refractivity contribution is 5.57. The molecule has 0 radical (unpaired) electrons. The summed E-state index contributed by atoms with van der Waals surface area (Å²) >= 11 is 0. The molecular weight excluding hydrogens is 296 g/mol. The van der Waals surface area contributed by atoms with Gasteiger partial charge in [0.15, 0.2) is 11.5 Å². The maximum absolute atomic E-state index is 9.79. The fraction of sp³-hybridized carbons (Fsp3) is 0.250. The number of ether oxygens (including phenoxy) is 2. The highest BCUT2D eigenvalue weighted by Gasteiger charge is 2.35. The first kappa shape index (κ1) is 14.8. The Morgan fingerprint density at radius 2 is 2.30 bits per heavy atom. The van der Waals surface area contributed by atoms with Crippen LogP contribution in [0.5, 0.6) is 17.4 Å². The van der Waals surface area contributed by atoms with Crippen molar-refractivity contribution in [2.24, 2.45) is 5.73 Å². The Labute approximate surface area is 132 Å². The molecule has 7 heteroatoms. The second kappa shape index (κ2) is 5.57. The van der Waals surface area contributed by atoms with Gasteiger partial charge in [0.1, 0.15) is 11.6 Å². The second-order valence-electron chi connectivity index (χ2n) is 5.13. The standard InChI is InChI=1S/C16H16N4O3/c1-3-10-14-13(8-4-5-11(21)12(6-8)22-2)9(7-17)15(18)23-16(14)20-19-10/h4-6,13,21H,3,18H2,1-2H3,(H,19,20). The molecule has 1 atom stereocenters. The van der Waals surface area contributed by atoms with Crippen LogP contribution in [0.4, 0.5) is 0 Å². The molecule has 4 N–H and O–H groups in total. The number of nitrogens with one attached hydrogen (secondary N) is 1. The molecule has 0 amide bonds. The molecule has 118 valence electrons. The van der Waals surface area contributed by atoms with Crippen LogP contribution < -0.4 is 15.2 Å². The van der Waals surface area contributed by atoms with Crippen LogP contribution in [0.3, 0.4) is 0 Å². The number of hydrogen-bond donors (Lipinski definition) is 3. The van der Waals surface area contributed by atoms with Crippen LogP contribution in [-0.4, -0.2) is 22.4 Å². The van der Waals surface area contributed by atoms with E-state index in [2.05, 4.69) is 16.3 Å². The fourth-order valence-electron chi connectivity index (χ4n) is 2.79. The molecule has 0 bridgehead atoms. The highest BCUT2D eigenvalue weighted by Crippen LogP contribution is 2.44. The molecule has 0 saturated heterocycles. The average Bonchev–Trinajstić information content (AvgIpc) is 2.96. The summed E-state index contributed by atoms with van der Waals surface area (Å²) < 4.78 is 10.6. The number of methoxy groups -OCH3 is 1. The normalized spacial score (nSPS) is 16.5. The third-order valence-corrected chi connectivity index (χ3v) is 3.91. The molecule has 1 aromatic heterocycles. The van der Waals surface area contributed by atoms with Crippen LogP contribution in [0.2, 0.25) is 0 Å². The lowest BCUT2D eigenvalue weighted by atomic mass is 9.83. The third kappa shape index (κ3) is 2.25. The summed E-state index contributed by atoms with van der Waals surface area (Å²) in [6.07, 6.45) is 0.704. The van der Waals surface area contributed by atoms with Crippen LogP contribution in [0.15, 0.2) is 29.7 Å². The molecule has 1 aliphatic heterocycles. The minimum absolute atomic E-state index is 0.0295. The molecule has 7 nitrogen and oxygen atoms in total. The Bertz CT molecular complexity index is 832. The Kier molecular flexibility index (Phi) is 3.58. The van der Waals surface area contributed by atoms with Crippen molar-refractivity contribution in [2.75, 3.05) is 7.11 Å². The van der Waals surface area contributed by atoms with Crippen LogP contribution in [0.1, 0.15) is 29.7 Å². The number of nitriles is 1. The van der Waals surface area contributed by atoms with Gasteiger partial charge >= 0.3 is 0 Å². The number of fused-ring (bicyclic) bond motifs is 1. The summed E-state index contributed by atoms with van der Waals surface area (Å²) in [5.41, 5.74) is 8.61. The summed E-state index contributed by atoms with van der Waals surface area (Å²) in [7, 11) is 1.47. The van der Waals surface area contributed by atoms with Crippen molar-refractivity contribution in [2.45, 2.75) is 19.3 Å². The summed E-state index contributed by atoms with van der Waals surface area (Å²) in [6, 6.07) is 7.07. The molecule has 23 heavy (non-hydrogen) atoms. The number of benzene rings is 1. The van der Waals surface area contributed by atoms with E-state index in [4.69, 9.17) is 15.2 Å². The molecule has 3 rings (SSSR count). The number of hydrogen-bond acceptors (Lipinski definition) is 6. The van der Waals surface area contributed by atoms with E-state index >= 15 is 0 Å². The highest BCUT2D eigenvalue weighted by atomic mass is 16.5. The van der Waals surface area contributed by atoms with Crippen molar-refractivity contribution in [3.8, 4) is 23.4 Å². The number of aromatic amines is 1. The molecular formula is C16H16N4O3. The Morgan fingerprint density at radius 3 is 2.96 bits per heavy atom. The van der Waals surface area contributed by atoms with Crippen molar-refractivity contribution in [1.82, 2.24) is 10.2 Å². The Balaban J connectivity index is 2.23. The van der Waals surface area contributed by atoms with Crippen molar-refractivity contribution in [3.63, 3.8) is 0 Å². The summed E-state index contributed by atoms with van der Waals surface area (Å²) in [6.45, 7) is 1.98. The Hall–Kier alpha value is -3.14. The van der Waals surface area contributed by atoms with E-state index in [1.165, 1.54) is 13.2 Å². The number of allylic oxidation sites excluding steroid dienone is 1. The molecule has 0 spiro atoms. The maximum Gasteiger partial charge on any atom is 0.244 e. The number of phenols is 1. The molecule has 0 saturated carbocycles. The number of nitrogens with two attached hydrogens (primary N) is 1. The molecule has 0 aliphatic carbocycles. The number of H-pyrrole nitrogens is 1. The first-order valence-electron chi connectivity index (χ1n) is 7.12. The minimum Gasteiger partial charge on any atom is -0.504 e. The number of aromatic hydroxyl groups is 1. The third-order valence-electron chi connectivity index (χ3n) is 3.91. The zero-order valence-corrected chi connectivity index (χ0v) is 12.8. The van der Waals surface area contributed by atoms with E-state index in [0.29, 0.717) is 23.6 Å². The van der Waals surface area contributed by atoms with Gasteiger partial charge in [-0.1, -0.05) is 13.0 Å². The van der Waals surface area contributed by atoms with Crippen molar-refractivity contribution < 1.29 is 14.6 Å². The van der Waals surface area contributed by atoms with E-state index in [1.807, 2.05) is 6.92 Å². The van der Waals surface area contributed by atoms with Crippen molar-refractivity contribution in [1.29, 1.82) is 5.26 Å². The number of nitrogens with zero attached hydrogens (tertiary/aromatic N) is 2. The molecule has 1 unspecified atom stereocenters. The quantitative estimate of drug-likeness (QED) is 0.797. The number of rotatable bonds is 3. The topological polar surface area (TPSA) is 117 Å². The zero-order valence-electron chi connectivity index (χ0n) is 12.8. The summed E-state index contributed by atoms with van der Waals surface area (Å²) in [4.78, 5) is 0. The molecule has 0 fully saturated rings. The first-order valence-corrected chi connectivity index (χ1v) is 7.12. The predicted octanol–water partition coefficient (Wildman–Crippen LogP) is 1.90. The maximum atomic E-state index is 9.79. The van der Waals surface area contributed by atoms with Gasteiger partial charge in [0.05, 0.1) is 13.0 Å². The fourth-order valence-corrected chi connectivity index (χ4v) is 2.79. The first-order chi connectivity index (χ1) is 11.1. The predicted molar refractivity (Wildman–Crippen MR) is 81.9 cm³/mol. The van der Waals surface area contributed by atoms with Crippen LogP contribution in [0, 0.1) is 11.3 Å². The zero-order chi connectivity index (χ0) is 16.6. The van der Waals surface area contributed by atoms with Gasteiger partial charge in [-0.2, -0.15) is 5.26 Å². The Morgan fingerprint density at radius 1 is 1.52 bits per heavy atom. The monoisotopic (exact) mass is 312 g/mol. The number of aromatic nitrogens is 2. The van der Waals surface area contributed by atoms with Gasteiger partial charge in [0.25, 0.3) is 0 Å². The van der Waals surface area contributed by atoms with Crippen molar-refractivity contribution >= 4 is 0 Å². The van der Waals surface area contributed by atoms with Crippen LogP contribution in [-0.2, 0) is 6.42 Å². The molecule has 1 aromatic carbocycles. The van der Waals surface area contributed by atoms with E-state index in [-0.39, 0.29) is 11.6 Å². The van der Waals surface area contributed by atoms with Crippen LogP contribution >= 0.6 is 0 Å². The lowest BCUT2D eigenvalue weighted by Gasteiger charge is -2.24. The largest absolute Gasteiger partial charge is 0.504 e. The van der Waals surface area contributed by atoms with Gasteiger partial charge in [-0.3, -0.25) is 5.10 Å². The smallest absolute Gasteiger partial charge is 0.244 e. The minimum atomic E-state index is -0.424. The lowest BCUT2D eigenvalue weighted by molar-refractivity contribution is 0.370. The molecule has 2 aromatic rings. The molecule has 2 heterocycles.